The summed E-state index contributed by atoms with van der Waals surface area (Å²) in [4.78, 5) is 44.2. The molecule has 0 spiro atoms. The second kappa shape index (κ2) is 11.1. The van der Waals surface area contributed by atoms with Gasteiger partial charge in [0.1, 0.15) is 11.9 Å². The molecule has 10 nitrogen and oxygen atoms in total. The van der Waals surface area contributed by atoms with Crippen LogP contribution in [-0.2, 0) is 20.9 Å². The van der Waals surface area contributed by atoms with Crippen LogP contribution in [0.3, 0.4) is 0 Å². The van der Waals surface area contributed by atoms with E-state index in [1.807, 2.05) is 18.2 Å². The Morgan fingerprint density at radius 1 is 0.973 bits per heavy atom. The molecule has 1 unspecified atom stereocenters. The number of ether oxygens (including phenoxy) is 2. The van der Waals surface area contributed by atoms with Gasteiger partial charge in [-0.05, 0) is 42.0 Å². The Bertz CT molecular complexity index is 1150. The van der Waals surface area contributed by atoms with Crippen LogP contribution in [0.4, 0.5) is 10.1 Å². The fraction of sp³-hybridized carbons (Fsp3) is 0.423. The maximum atomic E-state index is 13.2. The molecule has 5 rings (SSSR count). The van der Waals surface area contributed by atoms with Crippen LogP contribution in [0.5, 0.6) is 11.5 Å². The van der Waals surface area contributed by atoms with E-state index in [2.05, 4.69) is 20.4 Å². The lowest BCUT2D eigenvalue weighted by molar-refractivity contribution is -0.145. The van der Waals surface area contributed by atoms with Crippen LogP contribution < -0.4 is 20.1 Å². The van der Waals surface area contributed by atoms with Gasteiger partial charge in [-0.15, -0.1) is 0 Å². The number of hydrogen-bond acceptors (Lipinski definition) is 7. The molecule has 2 aromatic rings. The molecule has 0 aliphatic carbocycles. The van der Waals surface area contributed by atoms with Crippen LogP contribution in [0.15, 0.2) is 42.5 Å². The first-order valence-electron chi connectivity index (χ1n) is 12.4. The Balaban J connectivity index is 1.11. The number of carbonyl (C=O) groups is 3. The van der Waals surface area contributed by atoms with Gasteiger partial charge in [-0.2, -0.15) is 0 Å². The second-order valence-electron chi connectivity index (χ2n) is 9.39. The van der Waals surface area contributed by atoms with Crippen LogP contribution in [0.25, 0.3) is 0 Å². The van der Waals surface area contributed by atoms with E-state index in [0.717, 1.165) is 49.8 Å². The van der Waals surface area contributed by atoms with Crippen molar-refractivity contribution in [2.75, 3.05) is 57.9 Å². The summed E-state index contributed by atoms with van der Waals surface area (Å²) in [7, 11) is 0. The van der Waals surface area contributed by atoms with Crippen molar-refractivity contribution in [2.24, 2.45) is 0 Å². The summed E-state index contributed by atoms with van der Waals surface area (Å²) < 4.78 is 24.0. The number of nitrogens with zero attached hydrogens (tertiary/aromatic N) is 3. The third kappa shape index (κ3) is 6.17. The van der Waals surface area contributed by atoms with E-state index in [9.17, 15) is 18.8 Å². The molecule has 3 amide bonds. The zero-order valence-electron chi connectivity index (χ0n) is 20.5. The van der Waals surface area contributed by atoms with Crippen LogP contribution in [0.2, 0.25) is 0 Å². The van der Waals surface area contributed by atoms with Crippen molar-refractivity contribution in [3.8, 4) is 11.5 Å². The van der Waals surface area contributed by atoms with Crippen LogP contribution in [0.1, 0.15) is 12.0 Å². The van der Waals surface area contributed by atoms with Crippen LogP contribution in [0, 0.1) is 5.82 Å². The molecule has 196 valence electrons. The highest BCUT2D eigenvalue weighted by molar-refractivity contribution is 5.97. The molecule has 3 aliphatic heterocycles. The predicted molar refractivity (Wildman–Crippen MR) is 132 cm³/mol. The van der Waals surface area contributed by atoms with Gasteiger partial charge >= 0.3 is 0 Å². The number of anilines is 1. The molecule has 0 saturated carbocycles. The third-order valence-electron chi connectivity index (χ3n) is 6.82. The fourth-order valence-electron chi connectivity index (χ4n) is 4.82. The quantitative estimate of drug-likeness (QED) is 0.572. The van der Waals surface area contributed by atoms with E-state index in [-0.39, 0.29) is 31.6 Å². The highest BCUT2D eigenvalue weighted by Crippen LogP contribution is 2.32. The van der Waals surface area contributed by atoms with Gasteiger partial charge in [0.15, 0.2) is 11.5 Å². The monoisotopic (exact) mass is 511 g/mol. The minimum atomic E-state index is -0.881. The number of nitrogens with one attached hydrogen (secondary N) is 2. The summed E-state index contributed by atoms with van der Waals surface area (Å²) >= 11 is 0. The standard InChI is InChI=1S/C26H30FN5O5/c27-19-2-4-20(5-3-19)29-24(33)14-21-26(35)28-7-8-32(21)25(34)16-31-11-9-30(10-12-31)15-18-1-6-22-23(13-18)37-17-36-22/h1-6,13,21H,7-12,14-17H2,(H,28,35)(H,29,33). The van der Waals surface area contributed by atoms with E-state index in [1.165, 1.54) is 29.2 Å². The average molecular weight is 512 g/mol. The Morgan fingerprint density at radius 2 is 1.70 bits per heavy atom. The number of hydrogen-bond donors (Lipinski definition) is 2. The number of piperazine rings is 2. The lowest BCUT2D eigenvalue weighted by Crippen LogP contribution is -2.60. The highest BCUT2D eigenvalue weighted by Gasteiger charge is 2.35. The largest absolute Gasteiger partial charge is 0.454 e. The van der Waals surface area contributed by atoms with Gasteiger partial charge in [0, 0.05) is 51.5 Å². The molecule has 0 aromatic heterocycles. The molecule has 2 fully saturated rings. The normalized spacial score (nSPS) is 20.0. The molecule has 0 bridgehead atoms. The summed E-state index contributed by atoms with van der Waals surface area (Å²) in [6.45, 7) is 5.02. The number of benzene rings is 2. The van der Waals surface area contributed by atoms with E-state index >= 15 is 0 Å². The topological polar surface area (TPSA) is 103 Å². The number of fused-ring (bicyclic) bond motifs is 1. The van der Waals surface area contributed by atoms with Gasteiger partial charge in [0.25, 0.3) is 0 Å². The molecule has 37 heavy (non-hydrogen) atoms. The van der Waals surface area contributed by atoms with Crippen LogP contribution >= 0.6 is 0 Å². The van der Waals surface area contributed by atoms with Gasteiger partial charge in [-0.1, -0.05) is 6.07 Å². The smallest absolute Gasteiger partial charge is 0.243 e. The van der Waals surface area contributed by atoms with Crippen molar-refractivity contribution in [1.29, 1.82) is 0 Å². The first-order valence-corrected chi connectivity index (χ1v) is 12.4. The molecular formula is C26H30FN5O5. The summed E-state index contributed by atoms with van der Waals surface area (Å²) in [5.74, 6) is 0.206. The predicted octanol–water partition coefficient (Wildman–Crippen LogP) is 1.03. The van der Waals surface area contributed by atoms with Gasteiger partial charge in [-0.25, -0.2) is 4.39 Å². The Hall–Kier alpha value is -3.70. The molecule has 1 atom stereocenters. The van der Waals surface area contributed by atoms with Crippen molar-refractivity contribution in [1.82, 2.24) is 20.0 Å². The van der Waals surface area contributed by atoms with Crippen molar-refractivity contribution in [3.05, 3.63) is 53.8 Å². The molecule has 3 aliphatic rings. The summed E-state index contributed by atoms with van der Waals surface area (Å²) in [6, 6.07) is 10.5. The lowest BCUT2D eigenvalue weighted by atomic mass is 10.1. The van der Waals surface area contributed by atoms with Gasteiger partial charge in [0.05, 0.1) is 13.0 Å². The zero-order valence-corrected chi connectivity index (χ0v) is 20.5. The summed E-state index contributed by atoms with van der Waals surface area (Å²) in [5.41, 5.74) is 1.58. The van der Waals surface area contributed by atoms with Crippen molar-refractivity contribution >= 4 is 23.4 Å². The Morgan fingerprint density at radius 3 is 2.49 bits per heavy atom. The molecular weight excluding hydrogens is 481 g/mol. The third-order valence-corrected chi connectivity index (χ3v) is 6.82. The second-order valence-corrected chi connectivity index (χ2v) is 9.39. The molecule has 2 saturated heterocycles. The average Bonchev–Trinajstić information content (AvgIpc) is 3.36. The number of halogens is 1. The van der Waals surface area contributed by atoms with Crippen LogP contribution in [-0.4, -0.2) is 91.1 Å². The maximum absolute atomic E-state index is 13.2. The van der Waals surface area contributed by atoms with E-state index in [1.54, 1.807) is 0 Å². The fourth-order valence-corrected chi connectivity index (χ4v) is 4.82. The lowest BCUT2D eigenvalue weighted by Gasteiger charge is -2.38. The highest BCUT2D eigenvalue weighted by atomic mass is 19.1. The molecule has 0 radical (unpaired) electrons. The summed E-state index contributed by atoms with van der Waals surface area (Å²) in [6.07, 6.45) is -0.168. The SMILES string of the molecule is O=C(CC1C(=O)NCCN1C(=O)CN1CCN(Cc2ccc3c(c2)OCO3)CC1)Nc1ccc(F)cc1. The zero-order chi connectivity index (χ0) is 25.8. The van der Waals surface area contributed by atoms with Gasteiger partial charge in [-0.3, -0.25) is 24.2 Å². The summed E-state index contributed by atoms with van der Waals surface area (Å²) in [5, 5.41) is 5.40. The Kier molecular flexibility index (Phi) is 7.52. The first-order chi connectivity index (χ1) is 17.9. The number of carbonyl (C=O) groups excluding carboxylic acids is 3. The number of amides is 3. The van der Waals surface area contributed by atoms with Crippen molar-refractivity contribution in [2.45, 2.75) is 19.0 Å². The van der Waals surface area contributed by atoms with E-state index < -0.39 is 17.8 Å². The van der Waals surface area contributed by atoms with Crippen molar-refractivity contribution < 1.29 is 28.2 Å². The number of rotatable bonds is 7. The minimum absolute atomic E-state index is 0.168. The van der Waals surface area contributed by atoms with E-state index in [0.29, 0.717) is 18.8 Å². The minimum Gasteiger partial charge on any atom is -0.454 e. The van der Waals surface area contributed by atoms with Gasteiger partial charge < -0.3 is 25.0 Å². The first kappa shape index (κ1) is 25.0. The molecule has 11 heteroatoms. The Labute approximate surface area is 214 Å². The van der Waals surface area contributed by atoms with E-state index in [4.69, 9.17) is 9.47 Å². The molecule has 3 heterocycles. The van der Waals surface area contributed by atoms with Crippen molar-refractivity contribution in [3.63, 3.8) is 0 Å². The molecule has 2 N–H and O–H groups in total. The molecule has 2 aromatic carbocycles. The van der Waals surface area contributed by atoms with Gasteiger partial charge in [0.2, 0.25) is 24.5 Å². The maximum Gasteiger partial charge on any atom is 0.243 e.